The number of guanidine groups is 1. The second kappa shape index (κ2) is 14.6. The summed E-state index contributed by atoms with van der Waals surface area (Å²) in [5.74, 6) is 1.82. The third-order valence-corrected chi connectivity index (χ3v) is 5.74. The van der Waals surface area contributed by atoms with Gasteiger partial charge in [-0.05, 0) is 56.5 Å². The Morgan fingerprint density at radius 1 is 1.23 bits per heavy atom. The molecule has 1 saturated heterocycles. The van der Waals surface area contributed by atoms with E-state index in [0.29, 0.717) is 44.3 Å². The highest BCUT2D eigenvalue weighted by atomic mass is 16.5. The van der Waals surface area contributed by atoms with Gasteiger partial charge in [-0.2, -0.15) is 10.4 Å². The zero-order chi connectivity index (χ0) is 24.7. The van der Waals surface area contributed by atoms with Crippen LogP contribution >= 0.6 is 0 Å². The number of rotatable bonds is 12. The summed E-state index contributed by atoms with van der Waals surface area (Å²) in [5.41, 5.74) is 1.29. The molecule has 35 heavy (non-hydrogen) atoms. The number of aryl methyl sites for hydroxylation is 1. The largest absolute Gasteiger partial charge is 0.494 e. The van der Waals surface area contributed by atoms with Crippen molar-refractivity contribution in [3.63, 3.8) is 0 Å². The highest BCUT2D eigenvalue weighted by Crippen LogP contribution is 2.17. The van der Waals surface area contributed by atoms with Crippen molar-refractivity contribution in [2.75, 3.05) is 38.6 Å². The fourth-order valence-electron chi connectivity index (χ4n) is 3.96. The molecule has 0 aliphatic carbocycles. The van der Waals surface area contributed by atoms with E-state index in [4.69, 9.17) is 10.00 Å². The van der Waals surface area contributed by atoms with Crippen LogP contribution < -0.4 is 20.7 Å². The van der Waals surface area contributed by atoms with Gasteiger partial charge in [0.2, 0.25) is 11.9 Å². The molecular formula is C25H36N8O2. The van der Waals surface area contributed by atoms with E-state index in [1.807, 2.05) is 18.5 Å². The number of ether oxygens (including phenoxy) is 1. The topological polar surface area (TPSA) is 120 Å². The summed E-state index contributed by atoms with van der Waals surface area (Å²) in [6.07, 6.45) is 9.43. The lowest BCUT2D eigenvalue weighted by Gasteiger charge is -2.26. The van der Waals surface area contributed by atoms with Gasteiger partial charge in [0.05, 0.1) is 6.61 Å². The van der Waals surface area contributed by atoms with Gasteiger partial charge in [-0.25, -0.2) is 0 Å². The molecule has 0 unspecified atom stereocenters. The first kappa shape index (κ1) is 26.0. The smallest absolute Gasteiger partial charge is 0.220 e. The van der Waals surface area contributed by atoms with Crippen LogP contribution in [-0.4, -0.2) is 59.8 Å². The summed E-state index contributed by atoms with van der Waals surface area (Å²) < 4.78 is 7.64. The number of anilines is 1. The molecule has 1 aliphatic rings. The maximum atomic E-state index is 12.1. The maximum Gasteiger partial charge on any atom is 0.220 e. The van der Waals surface area contributed by atoms with E-state index >= 15 is 0 Å². The molecule has 1 fully saturated rings. The number of piperidine rings is 1. The number of nitrogens with zero attached hydrogens (tertiary/aromatic N) is 5. The molecule has 0 spiro atoms. The first-order valence-electron chi connectivity index (χ1n) is 12.3. The molecule has 3 rings (SSSR count). The van der Waals surface area contributed by atoms with Crippen molar-refractivity contribution in [2.45, 2.75) is 51.6 Å². The number of nitrogens with one attached hydrogen (secondary N) is 3. The maximum absolute atomic E-state index is 12.1. The van der Waals surface area contributed by atoms with Crippen molar-refractivity contribution in [3.8, 4) is 11.9 Å². The Labute approximate surface area is 207 Å². The van der Waals surface area contributed by atoms with Crippen LogP contribution in [0.25, 0.3) is 0 Å². The van der Waals surface area contributed by atoms with Crippen LogP contribution in [-0.2, 0) is 17.9 Å². The third kappa shape index (κ3) is 9.66. The molecule has 3 N–H and O–H groups in total. The average Bonchev–Trinajstić information content (AvgIpc) is 3.31. The highest BCUT2D eigenvalue weighted by molar-refractivity contribution is 5.93. The second-order valence-electron chi connectivity index (χ2n) is 8.54. The van der Waals surface area contributed by atoms with Gasteiger partial charge >= 0.3 is 0 Å². The Bertz CT molecular complexity index is 991. The first-order chi connectivity index (χ1) is 17.2. The molecule has 2 aromatic rings. The molecule has 0 bridgehead atoms. The van der Waals surface area contributed by atoms with E-state index in [1.54, 1.807) is 17.8 Å². The van der Waals surface area contributed by atoms with Gasteiger partial charge in [0.15, 0.2) is 12.0 Å². The van der Waals surface area contributed by atoms with Gasteiger partial charge < -0.3 is 15.4 Å². The van der Waals surface area contributed by atoms with Gasteiger partial charge in [-0.3, -0.25) is 24.7 Å². The molecule has 1 amide bonds. The summed E-state index contributed by atoms with van der Waals surface area (Å²) >= 11 is 0. The van der Waals surface area contributed by atoms with Crippen LogP contribution in [0.5, 0.6) is 5.75 Å². The fourth-order valence-corrected chi connectivity index (χ4v) is 3.96. The fraction of sp³-hybridized carbons (Fsp3) is 0.520. The van der Waals surface area contributed by atoms with E-state index in [0.717, 1.165) is 18.7 Å². The minimum Gasteiger partial charge on any atom is -0.494 e. The predicted molar refractivity (Wildman–Crippen MR) is 136 cm³/mol. The normalized spacial score (nSPS) is 14.2. The molecule has 1 aliphatic heterocycles. The number of hydrogen-bond donors (Lipinski definition) is 3. The molecule has 0 saturated carbocycles. The quantitative estimate of drug-likeness (QED) is 0.140. The summed E-state index contributed by atoms with van der Waals surface area (Å²) in [6, 6.07) is 10.1. The summed E-state index contributed by atoms with van der Waals surface area (Å²) in [5, 5.41) is 21.3. The zero-order valence-corrected chi connectivity index (χ0v) is 20.5. The Balaban J connectivity index is 1.26. The van der Waals surface area contributed by atoms with Crippen LogP contribution in [0, 0.1) is 11.5 Å². The molecule has 1 aromatic heterocycles. The molecule has 0 radical (unpaired) electrons. The van der Waals surface area contributed by atoms with Crippen molar-refractivity contribution in [3.05, 3.63) is 42.1 Å². The summed E-state index contributed by atoms with van der Waals surface area (Å²) in [6.45, 7) is 5.13. The number of benzene rings is 1. The zero-order valence-electron chi connectivity index (χ0n) is 20.5. The first-order valence-corrected chi connectivity index (χ1v) is 12.3. The van der Waals surface area contributed by atoms with Crippen molar-refractivity contribution < 1.29 is 9.53 Å². The average molecular weight is 481 g/mol. The van der Waals surface area contributed by atoms with Crippen LogP contribution in [0.15, 0.2) is 41.5 Å². The van der Waals surface area contributed by atoms with Crippen LogP contribution in [0.3, 0.4) is 0 Å². The Morgan fingerprint density at radius 2 is 2.09 bits per heavy atom. The van der Waals surface area contributed by atoms with E-state index in [2.05, 4.69) is 49.1 Å². The van der Waals surface area contributed by atoms with E-state index in [-0.39, 0.29) is 5.91 Å². The second-order valence-corrected chi connectivity index (χ2v) is 8.54. The monoisotopic (exact) mass is 480 g/mol. The van der Waals surface area contributed by atoms with E-state index in [9.17, 15) is 4.79 Å². The summed E-state index contributed by atoms with van der Waals surface area (Å²) in [4.78, 5) is 18.5. The van der Waals surface area contributed by atoms with Gasteiger partial charge in [-0.15, -0.1) is 0 Å². The molecule has 10 heteroatoms. The van der Waals surface area contributed by atoms with Crippen LogP contribution in [0.2, 0.25) is 0 Å². The van der Waals surface area contributed by atoms with Crippen molar-refractivity contribution in [2.24, 2.45) is 4.99 Å². The Hall–Kier alpha value is -3.58. The van der Waals surface area contributed by atoms with Crippen LogP contribution in [0.4, 0.5) is 5.82 Å². The number of aromatic nitrogens is 2. The third-order valence-electron chi connectivity index (χ3n) is 5.74. The van der Waals surface area contributed by atoms with E-state index < -0.39 is 0 Å². The van der Waals surface area contributed by atoms with Gasteiger partial charge in [0.1, 0.15) is 5.75 Å². The van der Waals surface area contributed by atoms with Gasteiger partial charge in [0.25, 0.3) is 0 Å². The Kier molecular flexibility index (Phi) is 10.9. The number of carbonyl (C=O) groups is 1. The lowest BCUT2D eigenvalue weighted by Crippen LogP contribution is -2.29. The minimum absolute atomic E-state index is 0.0256. The number of amides is 1. The lowest BCUT2D eigenvalue weighted by molar-refractivity contribution is -0.121. The molecular weight excluding hydrogens is 444 g/mol. The van der Waals surface area contributed by atoms with Crippen LogP contribution in [0.1, 0.15) is 44.1 Å². The number of carbonyl (C=O) groups excluding carboxylic acids is 1. The molecule has 188 valence electrons. The Morgan fingerprint density at radius 3 is 2.89 bits per heavy atom. The number of aliphatic imine (C=N–C) groups is 1. The standard InChI is InChI=1S/C25H36N8O2/c1-27-25(29-20-26)30-23-11-16-33(31-23)15-6-10-24(34)28-12-7-17-35-22-9-5-8-21(18-22)19-32-13-3-2-4-14-32/h5,8-9,11,16,18H,2-4,6-7,10,12-15,17,19H2,1H3,(H,28,34)(H2,27,29,30,31). The lowest BCUT2D eigenvalue weighted by atomic mass is 10.1. The number of likely N-dealkylation sites (tertiary alicyclic amines) is 1. The molecule has 1 aromatic carbocycles. The van der Waals surface area contributed by atoms with Crippen molar-refractivity contribution in [1.82, 2.24) is 25.3 Å². The summed E-state index contributed by atoms with van der Waals surface area (Å²) in [7, 11) is 1.57. The molecule has 0 atom stereocenters. The van der Waals surface area contributed by atoms with E-state index in [1.165, 1.54) is 37.9 Å². The number of hydrogen-bond acceptors (Lipinski definition) is 6. The molecule has 2 heterocycles. The van der Waals surface area contributed by atoms with Gasteiger partial charge in [-0.1, -0.05) is 18.6 Å². The van der Waals surface area contributed by atoms with Gasteiger partial charge in [0, 0.05) is 45.4 Å². The van der Waals surface area contributed by atoms with Crippen molar-refractivity contribution in [1.29, 1.82) is 5.26 Å². The van der Waals surface area contributed by atoms with Crippen molar-refractivity contribution >= 4 is 17.7 Å². The SMILES string of the molecule is CN=C(NC#N)Nc1ccn(CCCC(=O)NCCCOc2cccc(CN3CCCCC3)c2)n1. The molecule has 10 nitrogen and oxygen atoms in total. The number of nitriles is 1. The minimum atomic E-state index is 0.0256. The predicted octanol–water partition coefficient (Wildman–Crippen LogP) is 2.70. The highest BCUT2D eigenvalue weighted by Gasteiger charge is 2.10.